The number of rotatable bonds is 6. The second-order valence-corrected chi connectivity index (χ2v) is 10.7. The minimum atomic E-state index is -6.02. The van der Waals surface area contributed by atoms with E-state index in [0.717, 1.165) is 46.8 Å². The van der Waals surface area contributed by atoms with Gasteiger partial charge in [0.05, 0.1) is 17.1 Å². The van der Waals surface area contributed by atoms with E-state index >= 15 is 0 Å². The summed E-state index contributed by atoms with van der Waals surface area (Å²) in [6.45, 7) is 1.28. The third kappa shape index (κ3) is 7.88. The standard InChI is InChI=1S/C24H18F6N2O5S.C3H7NO/c25-16-6-9-18(10-7-16)38(34,35)32-12-13-36-20-11-8-17(14-19(20)32)31-22(33)37-21(15-4-2-1-3-5-15)23(26,27)24(28,29)30;1-3(5)4-2/h1-11,14,21H,12-13H2,(H,31,33);1-2H3,(H,4,5). The van der Waals surface area contributed by atoms with Crippen molar-refractivity contribution in [3.63, 3.8) is 0 Å². The first-order valence-electron chi connectivity index (χ1n) is 12.3. The highest BCUT2D eigenvalue weighted by Crippen LogP contribution is 2.46. The van der Waals surface area contributed by atoms with Crippen LogP contribution < -0.4 is 19.7 Å². The number of sulfonamides is 1. The molecule has 1 heterocycles. The summed E-state index contributed by atoms with van der Waals surface area (Å²) < 4.78 is 118. The van der Waals surface area contributed by atoms with Crippen LogP contribution in [0.4, 0.5) is 42.5 Å². The Labute approximate surface area is 242 Å². The van der Waals surface area contributed by atoms with Gasteiger partial charge >= 0.3 is 18.2 Å². The van der Waals surface area contributed by atoms with Crippen LogP contribution in [-0.4, -0.2) is 52.7 Å². The zero-order chi connectivity index (χ0) is 32.0. The highest BCUT2D eigenvalue weighted by atomic mass is 32.2. The van der Waals surface area contributed by atoms with Crippen molar-refractivity contribution < 1.29 is 53.8 Å². The molecule has 1 aliphatic heterocycles. The van der Waals surface area contributed by atoms with E-state index in [0.29, 0.717) is 0 Å². The maximum absolute atomic E-state index is 14.2. The van der Waals surface area contributed by atoms with Crippen LogP contribution in [-0.2, 0) is 19.6 Å². The molecule has 1 atom stereocenters. The summed E-state index contributed by atoms with van der Waals surface area (Å²) in [4.78, 5) is 21.9. The molecule has 43 heavy (non-hydrogen) atoms. The van der Waals surface area contributed by atoms with Crippen molar-refractivity contribution in [3.8, 4) is 5.75 Å². The molecular weight excluding hydrogens is 608 g/mol. The number of alkyl halides is 5. The van der Waals surface area contributed by atoms with E-state index in [4.69, 9.17) is 4.74 Å². The third-order valence-corrected chi connectivity index (χ3v) is 7.64. The van der Waals surface area contributed by atoms with Gasteiger partial charge in [0.1, 0.15) is 18.2 Å². The van der Waals surface area contributed by atoms with E-state index in [-0.39, 0.29) is 41.1 Å². The summed E-state index contributed by atoms with van der Waals surface area (Å²) in [6.07, 6.45) is -10.7. The van der Waals surface area contributed by atoms with Crippen LogP contribution in [0.1, 0.15) is 18.6 Å². The van der Waals surface area contributed by atoms with E-state index in [1.165, 1.54) is 37.3 Å². The van der Waals surface area contributed by atoms with Gasteiger partial charge < -0.3 is 14.8 Å². The second-order valence-electron chi connectivity index (χ2n) is 8.81. The van der Waals surface area contributed by atoms with Crippen LogP contribution in [0.25, 0.3) is 0 Å². The van der Waals surface area contributed by atoms with Crippen LogP contribution in [0.15, 0.2) is 77.7 Å². The number of benzene rings is 3. The number of fused-ring (bicyclic) bond motifs is 1. The van der Waals surface area contributed by atoms with E-state index in [1.54, 1.807) is 7.05 Å². The Kier molecular flexibility index (Phi) is 10.2. The normalized spacial score (nSPS) is 13.8. The zero-order valence-electron chi connectivity index (χ0n) is 22.5. The number of hydrogen-bond acceptors (Lipinski definition) is 6. The van der Waals surface area contributed by atoms with E-state index < -0.39 is 45.7 Å². The molecule has 9 nitrogen and oxygen atoms in total. The fraction of sp³-hybridized carbons (Fsp3) is 0.259. The number of halogens is 6. The number of amides is 2. The predicted molar refractivity (Wildman–Crippen MR) is 143 cm³/mol. The van der Waals surface area contributed by atoms with E-state index in [9.17, 15) is 44.3 Å². The van der Waals surface area contributed by atoms with Gasteiger partial charge in [-0.2, -0.15) is 22.0 Å². The zero-order valence-corrected chi connectivity index (χ0v) is 23.3. The largest absolute Gasteiger partial charge is 0.489 e. The first-order chi connectivity index (χ1) is 20.1. The molecule has 0 saturated heterocycles. The van der Waals surface area contributed by atoms with Crippen molar-refractivity contribution in [1.82, 2.24) is 5.32 Å². The molecule has 0 aromatic heterocycles. The summed E-state index contributed by atoms with van der Waals surface area (Å²) in [6, 6.07) is 13.3. The summed E-state index contributed by atoms with van der Waals surface area (Å²) in [5.41, 5.74) is -0.834. The fourth-order valence-electron chi connectivity index (χ4n) is 3.64. The summed E-state index contributed by atoms with van der Waals surface area (Å²) in [5, 5.41) is 4.44. The number of carbonyl (C=O) groups is 2. The molecule has 0 radical (unpaired) electrons. The Morgan fingerprint density at radius 2 is 1.58 bits per heavy atom. The summed E-state index contributed by atoms with van der Waals surface area (Å²) in [5.74, 6) is -5.98. The van der Waals surface area contributed by atoms with Gasteiger partial charge in [0, 0.05) is 19.7 Å². The minimum Gasteiger partial charge on any atom is -0.489 e. The average molecular weight is 634 g/mol. The lowest BCUT2D eigenvalue weighted by molar-refractivity contribution is -0.313. The van der Waals surface area contributed by atoms with Crippen LogP contribution in [0.3, 0.4) is 0 Å². The lowest BCUT2D eigenvalue weighted by Gasteiger charge is -2.31. The van der Waals surface area contributed by atoms with Gasteiger partial charge in [0.15, 0.2) is 0 Å². The van der Waals surface area contributed by atoms with Crippen LogP contribution in [0.2, 0.25) is 0 Å². The number of carbonyl (C=O) groups excluding carboxylic acids is 2. The molecule has 2 N–H and O–H groups in total. The number of nitrogens with one attached hydrogen (secondary N) is 2. The van der Waals surface area contributed by atoms with Crippen LogP contribution in [0, 0.1) is 5.82 Å². The van der Waals surface area contributed by atoms with E-state index in [1.807, 2.05) is 5.32 Å². The van der Waals surface area contributed by atoms with Gasteiger partial charge in [-0.05, 0) is 48.0 Å². The first-order valence-corrected chi connectivity index (χ1v) is 13.7. The Bertz CT molecular complexity index is 1540. The van der Waals surface area contributed by atoms with Gasteiger partial charge in [-0.3, -0.25) is 14.4 Å². The minimum absolute atomic E-state index is 0.00463. The van der Waals surface area contributed by atoms with Gasteiger partial charge in [0.25, 0.3) is 10.0 Å². The lowest BCUT2D eigenvalue weighted by Crippen LogP contribution is -2.44. The smallest absolute Gasteiger partial charge is 0.457 e. The molecule has 2 amide bonds. The van der Waals surface area contributed by atoms with Crippen molar-refractivity contribution in [3.05, 3.63) is 84.2 Å². The molecule has 232 valence electrons. The molecule has 16 heteroatoms. The summed E-state index contributed by atoms with van der Waals surface area (Å²) >= 11 is 0. The van der Waals surface area contributed by atoms with Crippen molar-refractivity contribution in [1.29, 1.82) is 0 Å². The molecule has 4 rings (SSSR count). The van der Waals surface area contributed by atoms with Crippen LogP contribution >= 0.6 is 0 Å². The van der Waals surface area contributed by atoms with Gasteiger partial charge in [-0.15, -0.1) is 0 Å². The van der Waals surface area contributed by atoms with Crippen molar-refractivity contribution in [2.75, 3.05) is 29.8 Å². The van der Waals surface area contributed by atoms with E-state index in [2.05, 4.69) is 10.1 Å². The molecule has 0 aliphatic carbocycles. The first kappa shape index (κ1) is 33.0. The van der Waals surface area contributed by atoms with Gasteiger partial charge in [-0.1, -0.05) is 30.3 Å². The number of ether oxygens (including phenoxy) is 2. The second kappa shape index (κ2) is 13.2. The Balaban J connectivity index is 0.000000934. The highest BCUT2D eigenvalue weighted by Gasteiger charge is 2.64. The van der Waals surface area contributed by atoms with Crippen LogP contribution in [0.5, 0.6) is 5.75 Å². The fourth-order valence-corrected chi connectivity index (χ4v) is 5.09. The lowest BCUT2D eigenvalue weighted by atomic mass is 10.0. The molecule has 0 fully saturated rings. The SMILES string of the molecule is CNC(C)=O.O=C(Nc1ccc2c(c1)N(S(=O)(=O)c1ccc(F)cc1)CCO2)OC(c1ccccc1)C(F)(F)C(F)(F)F. The Hall–Kier alpha value is -4.47. The molecular formula is C27H25F6N3O6S. The molecule has 1 aliphatic rings. The topological polar surface area (TPSA) is 114 Å². The molecule has 0 saturated carbocycles. The monoisotopic (exact) mass is 633 g/mol. The van der Waals surface area contributed by atoms with Crippen molar-refractivity contribution in [2.45, 2.75) is 30.0 Å². The third-order valence-electron chi connectivity index (χ3n) is 5.81. The Morgan fingerprint density at radius 1 is 0.977 bits per heavy atom. The quantitative estimate of drug-likeness (QED) is 0.339. The summed E-state index contributed by atoms with van der Waals surface area (Å²) in [7, 11) is -2.61. The number of anilines is 2. The highest BCUT2D eigenvalue weighted by molar-refractivity contribution is 7.92. The van der Waals surface area contributed by atoms with Crippen molar-refractivity contribution in [2.24, 2.45) is 0 Å². The molecule has 1 unspecified atom stereocenters. The van der Waals surface area contributed by atoms with Gasteiger partial charge in [-0.25, -0.2) is 17.6 Å². The Morgan fingerprint density at radius 3 is 2.14 bits per heavy atom. The predicted octanol–water partition coefficient (Wildman–Crippen LogP) is 5.65. The number of hydrogen-bond donors (Lipinski definition) is 2. The van der Waals surface area contributed by atoms with Crippen molar-refractivity contribution >= 4 is 33.4 Å². The molecule has 3 aromatic carbocycles. The molecule has 3 aromatic rings. The van der Waals surface area contributed by atoms with Gasteiger partial charge in [0.2, 0.25) is 12.0 Å². The average Bonchev–Trinajstić information content (AvgIpc) is 2.95. The maximum atomic E-state index is 14.2. The molecule has 0 spiro atoms. The maximum Gasteiger partial charge on any atom is 0.457 e. The number of nitrogens with zero attached hydrogens (tertiary/aromatic N) is 1. The molecule has 0 bridgehead atoms.